The summed E-state index contributed by atoms with van der Waals surface area (Å²) in [7, 11) is 0. The summed E-state index contributed by atoms with van der Waals surface area (Å²) in [4.78, 5) is 14.9. The van der Waals surface area contributed by atoms with E-state index in [1.165, 1.54) is 12.1 Å². The lowest BCUT2D eigenvalue weighted by Gasteiger charge is -2.38. The Hall–Kier alpha value is -3.54. The molecule has 0 saturated carbocycles. The molecule has 5 rings (SSSR count). The van der Waals surface area contributed by atoms with Crippen molar-refractivity contribution in [2.45, 2.75) is 6.17 Å². The van der Waals surface area contributed by atoms with Gasteiger partial charge in [0.05, 0.1) is 5.56 Å². The number of rotatable bonds is 2. The average molecular weight is 362 g/mol. The zero-order valence-corrected chi connectivity index (χ0v) is 14.2. The number of ether oxygens (including phenoxy) is 2. The Bertz CT molecular complexity index is 1040. The molecule has 5 nitrogen and oxygen atoms in total. The van der Waals surface area contributed by atoms with Crippen LogP contribution < -0.4 is 19.7 Å². The van der Waals surface area contributed by atoms with Gasteiger partial charge in [0.15, 0.2) is 11.5 Å². The number of nitrogens with one attached hydrogen (secondary N) is 1. The number of para-hydroxylation sites is 1. The van der Waals surface area contributed by atoms with Crippen LogP contribution in [0.3, 0.4) is 0 Å². The van der Waals surface area contributed by atoms with Crippen LogP contribution in [0.2, 0.25) is 0 Å². The van der Waals surface area contributed by atoms with Gasteiger partial charge < -0.3 is 14.8 Å². The van der Waals surface area contributed by atoms with Crippen LogP contribution in [0.4, 0.5) is 15.8 Å². The molecule has 1 atom stereocenters. The van der Waals surface area contributed by atoms with Crippen molar-refractivity contribution in [2.24, 2.45) is 0 Å². The van der Waals surface area contributed by atoms with Crippen LogP contribution in [0.5, 0.6) is 11.5 Å². The highest BCUT2D eigenvalue weighted by Gasteiger charge is 2.34. The van der Waals surface area contributed by atoms with E-state index < -0.39 is 6.17 Å². The summed E-state index contributed by atoms with van der Waals surface area (Å²) in [5.41, 5.74) is 2.76. The normalized spacial score (nSPS) is 17.4. The molecule has 2 heterocycles. The van der Waals surface area contributed by atoms with Gasteiger partial charge in [0.2, 0.25) is 6.79 Å². The lowest BCUT2D eigenvalue weighted by atomic mass is 10.0. The lowest BCUT2D eigenvalue weighted by Crippen LogP contribution is -2.43. The summed E-state index contributed by atoms with van der Waals surface area (Å²) in [5, 5.41) is 3.41. The fourth-order valence-electron chi connectivity index (χ4n) is 3.44. The van der Waals surface area contributed by atoms with Gasteiger partial charge in [-0.1, -0.05) is 18.2 Å². The first kappa shape index (κ1) is 15.7. The minimum absolute atomic E-state index is 0.154. The Morgan fingerprint density at radius 1 is 0.963 bits per heavy atom. The monoisotopic (exact) mass is 362 g/mol. The fourth-order valence-corrected chi connectivity index (χ4v) is 3.44. The molecule has 1 unspecified atom stereocenters. The molecule has 2 aliphatic rings. The SMILES string of the molecule is O=C1c2ccccc2NC(c2ccc3c(c2)OCO3)N1c1ccc(F)cc1. The fraction of sp³-hybridized carbons (Fsp3) is 0.0952. The molecular formula is C21H15FN2O3. The van der Waals surface area contributed by atoms with E-state index in [-0.39, 0.29) is 18.5 Å². The second-order valence-electron chi connectivity index (χ2n) is 6.36. The number of amides is 1. The third-order valence-electron chi connectivity index (χ3n) is 4.74. The van der Waals surface area contributed by atoms with Crippen molar-refractivity contribution < 1.29 is 18.7 Å². The number of halogens is 1. The van der Waals surface area contributed by atoms with Gasteiger partial charge in [-0.15, -0.1) is 0 Å². The Kier molecular flexibility index (Phi) is 3.50. The first-order chi connectivity index (χ1) is 13.2. The molecule has 27 heavy (non-hydrogen) atoms. The van der Waals surface area contributed by atoms with Gasteiger partial charge in [0.25, 0.3) is 5.91 Å². The highest BCUT2D eigenvalue weighted by Crippen LogP contribution is 2.40. The van der Waals surface area contributed by atoms with Crippen LogP contribution in [-0.4, -0.2) is 12.7 Å². The first-order valence-electron chi connectivity index (χ1n) is 8.55. The Balaban J connectivity index is 1.64. The van der Waals surface area contributed by atoms with Crippen LogP contribution in [-0.2, 0) is 0 Å². The molecule has 1 amide bonds. The zero-order valence-electron chi connectivity index (χ0n) is 14.2. The first-order valence-corrected chi connectivity index (χ1v) is 8.55. The lowest BCUT2D eigenvalue weighted by molar-refractivity contribution is 0.0974. The summed E-state index contributed by atoms with van der Waals surface area (Å²) < 4.78 is 24.3. The number of benzene rings is 3. The van der Waals surface area contributed by atoms with E-state index in [2.05, 4.69) is 5.32 Å². The number of carbonyl (C=O) groups excluding carboxylic acids is 1. The maximum atomic E-state index is 13.4. The molecule has 0 aliphatic carbocycles. The molecule has 2 aliphatic heterocycles. The van der Waals surface area contributed by atoms with E-state index in [1.54, 1.807) is 23.1 Å². The van der Waals surface area contributed by atoms with Crippen molar-refractivity contribution in [2.75, 3.05) is 17.0 Å². The highest BCUT2D eigenvalue weighted by atomic mass is 19.1. The van der Waals surface area contributed by atoms with Crippen LogP contribution >= 0.6 is 0 Å². The predicted molar refractivity (Wildman–Crippen MR) is 98.6 cm³/mol. The summed E-state index contributed by atoms with van der Waals surface area (Å²) >= 11 is 0. The molecule has 3 aromatic carbocycles. The molecule has 0 saturated heterocycles. The molecule has 3 aromatic rings. The topological polar surface area (TPSA) is 50.8 Å². The summed E-state index contributed by atoms with van der Waals surface area (Å²) in [6.45, 7) is 0.181. The Labute approximate surface area is 154 Å². The molecule has 0 aromatic heterocycles. The van der Waals surface area contributed by atoms with E-state index in [0.29, 0.717) is 22.7 Å². The van der Waals surface area contributed by atoms with Crippen LogP contribution in [0, 0.1) is 5.82 Å². The summed E-state index contributed by atoms with van der Waals surface area (Å²) in [6, 6.07) is 18.8. The number of fused-ring (bicyclic) bond motifs is 2. The van der Waals surface area contributed by atoms with Gasteiger partial charge in [-0.2, -0.15) is 0 Å². The van der Waals surface area contributed by atoms with E-state index in [0.717, 1.165) is 11.3 Å². The standard InChI is InChI=1S/C21H15FN2O3/c22-14-6-8-15(9-7-14)24-20(13-5-10-18-19(11-13)27-12-26-18)23-17-4-2-1-3-16(17)21(24)25/h1-11,20,23H,12H2. The van der Waals surface area contributed by atoms with Crippen LogP contribution in [0.1, 0.15) is 22.1 Å². The van der Waals surface area contributed by atoms with Crippen molar-refractivity contribution in [1.29, 1.82) is 0 Å². The maximum absolute atomic E-state index is 13.4. The molecular weight excluding hydrogens is 347 g/mol. The summed E-state index contributed by atoms with van der Waals surface area (Å²) in [6.07, 6.45) is -0.465. The van der Waals surface area contributed by atoms with Gasteiger partial charge >= 0.3 is 0 Å². The molecule has 6 heteroatoms. The van der Waals surface area contributed by atoms with E-state index in [9.17, 15) is 9.18 Å². The number of hydrogen-bond acceptors (Lipinski definition) is 4. The molecule has 134 valence electrons. The van der Waals surface area contributed by atoms with Crippen molar-refractivity contribution >= 4 is 17.3 Å². The maximum Gasteiger partial charge on any atom is 0.262 e. The van der Waals surface area contributed by atoms with Crippen molar-refractivity contribution in [3.8, 4) is 11.5 Å². The zero-order chi connectivity index (χ0) is 18.4. The van der Waals surface area contributed by atoms with Gasteiger partial charge in [-0.05, 0) is 54.1 Å². The quantitative estimate of drug-likeness (QED) is 0.737. The van der Waals surface area contributed by atoms with Crippen LogP contribution in [0.25, 0.3) is 0 Å². The van der Waals surface area contributed by atoms with Crippen molar-refractivity contribution in [1.82, 2.24) is 0 Å². The molecule has 0 radical (unpaired) electrons. The number of carbonyl (C=O) groups is 1. The average Bonchev–Trinajstić information content (AvgIpc) is 3.17. The van der Waals surface area contributed by atoms with Crippen molar-refractivity contribution in [3.05, 3.63) is 83.7 Å². The number of hydrogen-bond donors (Lipinski definition) is 1. The minimum atomic E-state index is -0.465. The molecule has 0 bridgehead atoms. The van der Waals surface area contributed by atoms with Gasteiger partial charge in [-0.3, -0.25) is 9.69 Å². The van der Waals surface area contributed by atoms with Gasteiger partial charge in [0, 0.05) is 11.4 Å². The third-order valence-corrected chi connectivity index (χ3v) is 4.74. The molecule has 0 spiro atoms. The van der Waals surface area contributed by atoms with Crippen LogP contribution in [0.15, 0.2) is 66.7 Å². The highest BCUT2D eigenvalue weighted by molar-refractivity contribution is 6.12. The third kappa shape index (κ3) is 2.57. The second kappa shape index (κ2) is 6.02. The smallest absolute Gasteiger partial charge is 0.262 e. The van der Waals surface area contributed by atoms with E-state index >= 15 is 0 Å². The Morgan fingerprint density at radius 2 is 1.74 bits per heavy atom. The minimum Gasteiger partial charge on any atom is -0.454 e. The number of nitrogens with zero attached hydrogens (tertiary/aromatic N) is 1. The van der Waals surface area contributed by atoms with E-state index in [1.807, 2.05) is 36.4 Å². The van der Waals surface area contributed by atoms with Gasteiger partial charge in [0.1, 0.15) is 12.0 Å². The van der Waals surface area contributed by atoms with Crippen molar-refractivity contribution in [3.63, 3.8) is 0 Å². The number of anilines is 2. The second-order valence-corrected chi connectivity index (χ2v) is 6.36. The Morgan fingerprint density at radius 3 is 2.59 bits per heavy atom. The largest absolute Gasteiger partial charge is 0.454 e. The molecule has 0 fully saturated rings. The molecule has 1 N–H and O–H groups in total. The predicted octanol–water partition coefficient (Wildman–Crippen LogP) is 4.33. The summed E-state index contributed by atoms with van der Waals surface area (Å²) in [5.74, 6) is 0.809. The van der Waals surface area contributed by atoms with Gasteiger partial charge in [-0.25, -0.2) is 4.39 Å². The van der Waals surface area contributed by atoms with E-state index in [4.69, 9.17) is 9.47 Å².